The Morgan fingerprint density at radius 3 is 2.47 bits per heavy atom. The summed E-state index contributed by atoms with van der Waals surface area (Å²) in [6.07, 6.45) is -4.89. The molecule has 0 saturated carbocycles. The van der Waals surface area contributed by atoms with Gasteiger partial charge in [0.05, 0.1) is 16.8 Å². The largest absolute Gasteiger partial charge is 0.573 e. The molecular weight excluding hydrogens is 429 g/mol. The van der Waals surface area contributed by atoms with Gasteiger partial charge in [0.25, 0.3) is 5.91 Å². The number of benzene rings is 2. The molecule has 32 heavy (non-hydrogen) atoms. The van der Waals surface area contributed by atoms with Gasteiger partial charge in [0.2, 0.25) is 5.95 Å². The fraction of sp³-hybridized carbons (Fsp3) is 0.0476. The van der Waals surface area contributed by atoms with Crippen LogP contribution in [0.2, 0.25) is 0 Å². The van der Waals surface area contributed by atoms with Crippen LogP contribution in [0.3, 0.4) is 0 Å². The van der Waals surface area contributed by atoms with E-state index < -0.39 is 24.0 Å². The van der Waals surface area contributed by atoms with Gasteiger partial charge in [-0.1, -0.05) is 24.3 Å². The minimum atomic E-state index is -4.89. The molecule has 0 saturated heterocycles. The van der Waals surface area contributed by atoms with E-state index in [1.54, 1.807) is 6.07 Å². The number of hydrogen-bond acceptors (Lipinski definition) is 5. The van der Waals surface area contributed by atoms with Gasteiger partial charge < -0.3 is 14.8 Å². The lowest BCUT2D eigenvalue weighted by Gasteiger charge is -2.13. The first-order valence-electron chi connectivity index (χ1n) is 9.07. The molecule has 0 aliphatic heterocycles. The third-order valence-electron chi connectivity index (χ3n) is 4.35. The van der Waals surface area contributed by atoms with Gasteiger partial charge in [0.15, 0.2) is 0 Å². The molecule has 1 amide bonds. The first-order chi connectivity index (χ1) is 15.2. The molecular formula is C21H13F3N4O4. The highest BCUT2D eigenvalue weighted by Gasteiger charge is 2.32. The summed E-state index contributed by atoms with van der Waals surface area (Å²) in [5.74, 6) is -2.33. The van der Waals surface area contributed by atoms with Gasteiger partial charge in [-0.3, -0.25) is 10.1 Å². The Labute approximate surface area is 177 Å². The molecule has 0 fully saturated rings. The van der Waals surface area contributed by atoms with Crippen LogP contribution in [0.5, 0.6) is 5.75 Å². The Morgan fingerprint density at radius 2 is 1.72 bits per heavy atom. The molecule has 2 aromatic carbocycles. The summed E-state index contributed by atoms with van der Waals surface area (Å²) < 4.78 is 42.1. The summed E-state index contributed by atoms with van der Waals surface area (Å²) >= 11 is 0. The van der Waals surface area contributed by atoms with Crippen molar-refractivity contribution in [1.82, 2.24) is 15.0 Å². The van der Waals surface area contributed by atoms with E-state index in [4.69, 9.17) is 0 Å². The number of H-pyrrole nitrogens is 1. The molecule has 11 heteroatoms. The number of pyridine rings is 1. The third-order valence-corrected chi connectivity index (χ3v) is 4.35. The van der Waals surface area contributed by atoms with Crippen molar-refractivity contribution in [1.29, 1.82) is 0 Å². The Morgan fingerprint density at radius 1 is 0.969 bits per heavy atom. The number of imidazole rings is 1. The number of carbonyl (C=O) groups excluding carboxylic acids is 1. The number of carboxylic acids is 1. The lowest BCUT2D eigenvalue weighted by molar-refractivity contribution is -0.274. The lowest BCUT2D eigenvalue weighted by Crippen LogP contribution is -2.18. The molecule has 0 bridgehead atoms. The van der Waals surface area contributed by atoms with Crippen LogP contribution in [-0.2, 0) is 0 Å². The number of aromatic carboxylic acids is 1. The van der Waals surface area contributed by atoms with Crippen molar-refractivity contribution in [2.24, 2.45) is 0 Å². The average Bonchev–Trinajstić information content (AvgIpc) is 3.15. The van der Waals surface area contributed by atoms with Crippen molar-refractivity contribution in [3.05, 3.63) is 71.9 Å². The van der Waals surface area contributed by atoms with E-state index in [1.807, 2.05) is 0 Å². The van der Waals surface area contributed by atoms with Gasteiger partial charge >= 0.3 is 12.3 Å². The van der Waals surface area contributed by atoms with Gasteiger partial charge in [-0.2, -0.15) is 0 Å². The van der Waals surface area contributed by atoms with E-state index in [9.17, 15) is 27.9 Å². The summed E-state index contributed by atoms with van der Waals surface area (Å²) in [5, 5.41) is 11.7. The van der Waals surface area contributed by atoms with Crippen LogP contribution in [-0.4, -0.2) is 38.3 Å². The van der Waals surface area contributed by atoms with E-state index in [2.05, 4.69) is 25.0 Å². The summed E-state index contributed by atoms with van der Waals surface area (Å²) in [6.45, 7) is 0. The molecule has 3 N–H and O–H groups in total. The highest BCUT2D eigenvalue weighted by atomic mass is 19.4. The maximum atomic E-state index is 12.7. The molecule has 0 unspecified atom stereocenters. The Kier molecular flexibility index (Phi) is 5.23. The molecule has 0 atom stereocenters. The van der Waals surface area contributed by atoms with Crippen LogP contribution in [0.15, 0.2) is 60.7 Å². The molecule has 162 valence electrons. The molecule has 0 aliphatic rings. The van der Waals surface area contributed by atoms with Crippen molar-refractivity contribution in [3.8, 4) is 17.0 Å². The van der Waals surface area contributed by atoms with E-state index >= 15 is 0 Å². The number of hydrogen-bond donors (Lipinski definition) is 3. The number of carbonyl (C=O) groups is 2. The molecule has 2 aromatic heterocycles. The van der Waals surface area contributed by atoms with Crippen LogP contribution >= 0.6 is 0 Å². The molecule has 0 aliphatic carbocycles. The van der Waals surface area contributed by atoms with Crippen molar-refractivity contribution in [2.75, 3.05) is 5.32 Å². The van der Waals surface area contributed by atoms with Crippen molar-refractivity contribution >= 4 is 28.9 Å². The molecule has 2 heterocycles. The summed E-state index contributed by atoms with van der Waals surface area (Å²) in [6, 6.07) is 14.2. The fourth-order valence-corrected chi connectivity index (χ4v) is 3.04. The zero-order chi connectivity index (χ0) is 22.9. The quantitative estimate of drug-likeness (QED) is 0.420. The number of aromatic nitrogens is 3. The number of carboxylic acid groups (broad SMARTS) is 1. The Balaban J connectivity index is 1.62. The zero-order valence-corrected chi connectivity index (χ0v) is 16.0. The monoisotopic (exact) mass is 442 g/mol. The minimum absolute atomic E-state index is 0.00768. The van der Waals surface area contributed by atoms with Crippen molar-refractivity contribution < 1.29 is 32.6 Å². The number of nitrogens with zero attached hydrogens (tertiary/aromatic N) is 2. The second kappa shape index (κ2) is 8.02. The lowest BCUT2D eigenvalue weighted by atomic mass is 10.1. The Hall–Kier alpha value is -4.41. The second-order valence-corrected chi connectivity index (χ2v) is 6.50. The molecule has 0 spiro atoms. The van der Waals surface area contributed by atoms with Crippen LogP contribution in [0.1, 0.15) is 20.8 Å². The molecule has 8 nitrogen and oxygen atoms in total. The fourth-order valence-electron chi connectivity index (χ4n) is 3.04. The van der Waals surface area contributed by atoms with Gasteiger partial charge in [0, 0.05) is 5.56 Å². The standard InChI is InChI=1S/C21H13F3N4O4/c22-21(23,24)32-16-10-2-1-5-11(16)13-7-4-9-15(25-13)18(29)28-20-26-14-8-3-6-12(19(30)31)17(14)27-20/h1-10H,(H,30,31)(H2,26,27,28,29). The van der Waals surface area contributed by atoms with E-state index in [0.717, 1.165) is 6.07 Å². The molecule has 4 rings (SSSR count). The summed E-state index contributed by atoms with van der Waals surface area (Å²) in [7, 11) is 0. The topological polar surface area (TPSA) is 117 Å². The number of ether oxygens (including phenoxy) is 1. The SMILES string of the molecule is O=C(Nc1nc2c(C(=O)O)cccc2[nH]1)c1cccc(-c2ccccc2OC(F)(F)F)n1. The number of alkyl halides is 3. The van der Waals surface area contributed by atoms with E-state index in [1.165, 1.54) is 48.5 Å². The number of anilines is 1. The van der Waals surface area contributed by atoms with Crippen molar-refractivity contribution in [2.45, 2.75) is 6.36 Å². The normalized spacial score (nSPS) is 11.3. The van der Waals surface area contributed by atoms with Crippen LogP contribution in [0.25, 0.3) is 22.3 Å². The predicted octanol–water partition coefficient (Wildman–Crippen LogP) is 4.47. The van der Waals surface area contributed by atoms with Crippen LogP contribution in [0, 0.1) is 0 Å². The van der Waals surface area contributed by atoms with E-state index in [0.29, 0.717) is 5.52 Å². The van der Waals surface area contributed by atoms with Gasteiger partial charge in [-0.05, 0) is 36.4 Å². The number of amides is 1. The zero-order valence-electron chi connectivity index (χ0n) is 16.0. The summed E-state index contributed by atoms with van der Waals surface area (Å²) in [4.78, 5) is 35.0. The highest BCUT2D eigenvalue weighted by molar-refractivity contribution is 6.05. The minimum Gasteiger partial charge on any atom is -0.478 e. The maximum Gasteiger partial charge on any atom is 0.573 e. The van der Waals surface area contributed by atoms with Crippen LogP contribution < -0.4 is 10.1 Å². The molecule has 0 radical (unpaired) electrons. The predicted molar refractivity (Wildman–Crippen MR) is 107 cm³/mol. The third kappa shape index (κ3) is 4.36. The Bertz CT molecular complexity index is 1330. The van der Waals surface area contributed by atoms with Crippen molar-refractivity contribution in [3.63, 3.8) is 0 Å². The van der Waals surface area contributed by atoms with Gasteiger partial charge in [-0.15, -0.1) is 13.2 Å². The van der Waals surface area contributed by atoms with E-state index in [-0.39, 0.29) is 34.0 Å². The second-order valence-electron chi connectivity index (χ2n) is 6.50. The number of rotatable bonds is 5. The smallest absolute Gasteiger partial charge is 0.478 e. The number of halogens is 3. The first-order valence-corrected chi connectivity index (χ1v) is 9.07. The van der Waals surface area contributed by atoms with Gasteiger partial charge in [0.1, 0.15) is 17.0 Å². The highest BCUT2D eigenvalue weighted by Crippen LogP contribution is 2.32. The maximum absolute atomic E-state index is 12.7. The average molecular weight is 442 g/mol. The number of para-hydroxylation sites is 2. The van der Waals surface area contributed by atoms with Crippen LogP contribution in [0.4, 0.5) is 19.1 Å². The number of nitrogens with one attached hydrogen (secondary N) is 2. The summed E-state index contributed by atoms with van der Waals surface area (Å²) in [5.41, 5.74) is 0.573. The van der Waals surface area contributed by atoms with Gasteiger partial charge in [-0.25, -0.2) is 14.8 Å². The number of fused-ring (bicyclic) bond motifs is 1. The first kappa shape index (κ1) is 20.8. The number of aromatic amines is 1. The molecule has 4 aromatic rings.